The summed E-state index contributed by atoms with van der Waals surface area (Å²) in [7, 11) is 0. The standard InChI is InChI=1S/C25H20N4O4S/c30-23-22-19-11-16(12-27(19)24(34)26-15-8-9-20-21(10-15)33-13-32-20)28(22)25(31)29(23)18-7-3-5-14-4-1-2-6-17(14)18/h1-10,16,19,22H,11-13H2,(H,26,34)/t16-,19?,22+/m1/s1. The number of anilines is 2. The number of amides is 3. The fraction of sp³-hybridized carbons (Fsp3) is 0.240. The number of hydrogen-bond donors (Lipinski definition) is 1. The Morgan fingerprint density at radius 3 is 2.74 bits per heavy atom. The number of piperazine rings is 1. The second-order valence-corrected chi connectivity index (χ2v) is 9.30. The summed E-state index contributed by atoms with van der Waals surface area (Å²) in [5.74, 6) is 1.18. The van der Waals surface area contributed by atoms with Crippen LogP contribution in [0.1, 0.15) is 6.42 Å². The van der Waals surface area contributed by atoms with E-state index in [2.05, 4.69) is 5.32 Å². The van der Waals surface area contributed by atoms with Crippen molar-refractivity contribution in [3.8, 4) is 11.5 Å². The van der Waals surface area contributed by atoms with Crippen LogP contribution in [0.15, 0.2) is 60.7 Å². The van der Waals surface area contributed by atoms with E-state index in [1.165, 1.54) is 4.90 Å². The molecular formula is C25H20N4O4S. The van der Waals surface area contributed by atoms with Gasteiger partial charge in [-0.25, -0.2) is 9.69 Å². The van der Waals surface area contributed by atoms with Crippen LogP contribution in [-0.4, -0.2) is 58.3 Å². The van der Waals surface area contributed by atoms with Crippen molar-refractivity contribution < 1.29 is 19.1 Å². The van der Waals surface area contributed by atoms with E-state index in [1.807, 2.05) is 65.6 Å². The fourth-order valence-electron chi connectivity index (χ4n) is 5.69. The maximum atomic E-state index is 13.6. The van der Waals surface area contributed by atoms with Gasteiger partial charge in [0.1, 0.15) is 6.04 Å². The molecule has 3 atom stereocenters. The third-order valence-electron chi connectivity index (χ3n) is 7.16. The van der Waals surface area contributed by atoms with Crippen LogP contribution in [0, 0.1) is 0 Å². The predicted molar refractivity (Wildman–Crippen MR) is 130 cm³/mol. The Bertz CT molecular complexity index is 1390. The number of nitrogens with zero attached hydrogens (tertiary/aromatic N) is 3. The van der Waals surface area contributed by atoms with Crippen molar-refractivity contribution in [2.45, 2.75) is 24.5 Å². The molecule has 170 valence electrons. The Hall–Kier alpha value is -3.85. The van der Waals surface area contributed by atoms with Crippen molar-refractivity contribution in [1.82, 2.24) is 9.80 Å². The number of fused-ring (bicyclic) bond motifs is 7. The highest BCUT2D eigenvalue weighted by Crippen LogP contribution is 2.44. The molecule has 3 fully saturated rings. The molecule has 3 saturated heterocycles. The summed E-state index contributed by atoms with van der Waals surface area (Å²) < 4.78 is 10.8. The van der Waals surface area contributed by atoms with Crippen molar-refractivity contribution in [2.75, 3.05) is 23.6 Å². The third-order valence-corrected chi connectivity index (χ3v) is 7.49. The van der Waals surface area contributed by atoms with Crippen LogP contribution in [0.5, 0.6) is 11.5 Å². The number of rotatable bonds is 2. The molecule has 3 amide bonds. The van der Waals surface area contributed by atoms with Crippen LogP contribution in [0.4, 0.5) is 16.2 Å². The zero-order chi connectivity index (χ0) is 23.0. The van der Waals surface area contributed by atoms with Gasteiger partial charge in [-0.15, -0.1) is 0 Å². The molecule has 4 aliphatic heterocycles. The number of likely N-dealkylation sites (tertiary alicyclic amines) is 1. The van der Waals surface area contributed by atoms with Gasteiger partial charge in [-0.1, -0.05) is 36.4 Å². The smallest absolute Gasteiger partial charge is 0.332 e. The molecule has 0 radical (unpaired) electrons. The van der Waals surface area contributed by atoms with Gasteiger partial charge in [-0.3, -0.25) is 4.79 Å². The highest BCUT2D eigenvalue weighted by molar-refractivity contribution is 7.80. The molecule has 34 heavy (non-hydrogen) atoms. The third kappa shape index (κ3) is 2.67. The molecule has 9 heteroatoms. The maximum absolute atomic E-state index is 13.6. The van der Waals surface area contributed by atoms with E-state index in [4.69, 9.17) is 21.7 Å². The van der Waals surface area contributed by atoms with Gasteiger partial charge in [-0.05, 0) is 42.2 Å². The summed E-state index contributed by atoms with van der Waals surface area (Å²) >= 11 is 5.72. The molecule has 0 aliphatic carbocycles. The Balaban J connectivity index is 1.16. The molecule has 3 aromatic carbocycles. The van der Waals surface area contributed by atoms with E-state index in [0.29, 0.717) is 28.8 Å². The normalized spacial score (nSPS) is 24.4. The second kappa shape index (κ2) is 7.07. The SMILES string of the molecule is O=C1[C@@H]2C3C[C@H](CN3C(=S)Nc3ccc4c(c3)OCO4)N2C(=O)N1c1cccc2ccccc12. The molecule has 2 bridgehead atoms. The Labute approximate surface area is 200 Å². The van der Waals surface area contributed by atoms with Crippen molar-refractivity contribution in [3.63, 3.8) is 0 Å². The minimum absolute atomic E-state index is 0.0528. The van der Waals surface area contributed by atoms with Crippen molar-refractivity contribution >= 4 is 51.4 Å². The summed E-state index contributed by atoms with van der Waals surface area (Å²) in [6, 6.07) is 18.1. The van der Waals surface area contributed by atoms with Gasteiger partial charge in [-0.2, -0.15) is 0 Å². The highest BCUT2D eigenvalue weighted by Gasteiger charge is 2.62. The van der Waals surface area contributed by atoms with Gasteiger partial charge in [0.25, 0.3) is 5.91 Å². The lowest BCUT2D eigenvalue weighted by Gasteiger charge is -2.36. The van der Waals surface area contributed by atoms with Gasteiger partial charge >= 0.3 is 6.03 Å². The monoisotopic (exact) mass is 472 g/mol. The largest absolute Gasteiger partial charge is 0.454 e. The second-order valence-electron chi connectivity index (χ2n) is 8.91. The van der Waals surface area contributed by atoms with E-state index in [0.717, 1.165) is 22.9 Å². The van der Waals surface area contributed by atoms with Crippen LogP contribution >= 0.6 is 12.2 Å². The molecular weight excluding hydrogens is 452 g/mol. The Kier molecular flexibility index (Phi) is 4.08. The number of hydrogen-bond acceptors (Lipinski definition) is 5. The zero-order valence-corrected chi connectivity index (χ0v) is 18.8. The number of ether oxygens (including phenoxy) is 2. The number of carbonyl (C=O) groups is 2. The number of urea groups is 1. The molecule has 8 nitrogen and oxygen atoms in total. The van der Waals surface area contributed by atoms with Gasteiger partial charge in [0, 0.05) is 23.7 Å². The van der Waals surface area contributed by atoms with Crippen LogP contribution in [-0.2, 0) is 4.79 Å². The van der Waals surface area contributed by atoms with Crippen molar-refractivity contribution in [2.24, 2.45) is 0 Å². The molecule has 1 N–H and O–H groups in total. The predicted octanol–water partition coefficient (Wildman–Crippen LogP) is 3.56. The highest BCUT2D eigenvalue weighted by atomic mass is 32.1. The molecule has 4 aliphatic rings. The molecule has 0 aromatic heterocycles. The van der Waals surface area contributed by atoms with E-state index in [9.17, 15) is 9.59 Å². The van der Waals surface area contributed by atoms with Crippen LogP contribution < -0.4 is 19.7 Å². The van der Waals surface area contributed by atoms with Crippen molar-refractivity contribution in [1.29, 1.82) is 0 Å². The number of thiocarbonyl (C=S) groups is 1. The first-order chi connectivity index (χ1) is 16.6. The van der Waals surface area contributed by atoms with E-state index in [1.54, 1.807) is 4.90 Å². The van der Waals surface area contributed by atoms with Crippen molar-refractivity contribution in [3.05, 3.63) is 60.7 Å². The number of carbonyl (C=O) groups excluding carboxylic acids is 2. The number of imide groups is 1. The summed E-state index contributed by atoms with van der Waals surface area (Å²) in [4.78, 5) is 32.2. The summed E-state index contributed by atoms with van der Waals surface area (Å²) in [5, 5.41) is 5.68. The average molecular weight is 473 g/mol. The molecule has 0 saturated carbocycles. The molecule has 3 aromatic rings. The lowest BCUT2D eigenvalue weighted by molar-refractivity contribution is -0.120. The van der Waals surface area contributed by atoms with E-state index >= 15 is 0 Å². The average Bonchev–Trinajstić information content (AvgIpc) is 3.62. The number of nitrogens with one attached hydrogen (secondary N) is 1. The van der Waals surface area contributed by atoms with Gasteiger partial charge in [0.2, 0.25) is 6.79 Å². The lowest BCUT2D eigenvalue weighted by Crippen LogP contribution is -2.55. The fourth-order valence-corrected chi connectivity index (χ4v) is 6.01. The number of benzene rings is 3. The van der Waals surface area contributed by atoms with Crippen LogP contribution in [0.2, 0.25) is 0 Å². The molecule has 4 heterocycles. The zero-order valence-electron chi connectivity index (χ0n) is 18.0. The van der Waals surface area contributed by atoms with Gasteiger partial charge in [0.05, 0.1) is 17.8 Å². The molecule has 0 spiro atoms. The lowest BCUT2D eigenvalue weighted by atomic mass is 10.1. The van der Waals surface area contributed by atoms with Gasteiger partial charge < -0.3 is 24.6 Å². The van der Waals surface area contributed by atoms with Gasteiger partial charge in [0.15, 0.2) is 16.6 Å². The first-order valence-corrected chi connectivity index (χ1v) is 11.6. The van der Waals surface area contributed by atoms with Crippen LogP contribution in [0.25, 0.3) is 10.8 Å². The molecule has 7 rings (SSSR count). The quantitative estimate of drug-likeness (QED) is 0.452. The minimum Gasteiger partial charge on any atom is -0.454 e. The maximum Gasteiger partial charge on any atom is 0.332 e. The Morgan fingerprint density at radius 2 is 1.82 bits per heavy atom. The first kappa shape index (κ1) is 19.6. The summed E-state index contributed by atoms with van der Waals surface area (Å²) in [6.07, 6.45) is 0.731. The van der Waals surface area contributed by atoms with Crippen LogP contribution in [0.3, 0.4) is 0 Å². The minimum atomic E-state index is -0.540. The van der Waals surface area contributed by atoms with E-state index in [-0.39, 0.29) is 30.8 Å². The summed E-state index contributed by atoms with van der Waals surface area (Å²) in [6.45, 7) is 0.805. The summed E-state index contributed by atoms with van der Waals surface area (Å²) in [5.41, 5.74) is 1.43. The topological polar surface area (TPSA) is 74.4 Å². The Morgan fingerprint density at radius 1 is 1.00 bits per heavy atom. The molecule has 1 unspecified atom stereocenters. The van der Waals surface area contributed by atoms with E-state index < -0.39 is 6.04 Å². The first-order valence-electron chi connectivity index (χ1n) is 11.2.